The van der Waals surface area contributed by atoms with Crippen molar-refractivity contribution in [3.8, 4) is 11.5 Å². The molecule has 128 valence electrons. The van der Waals surface area contributed by atoms with Gasteiger partial charge in [0.2, 0.25) is 0 Å². The molecule has 2 aliphatic carbocycles. The Hall–Kier alpha value is -2.08. The molecule has 2 saturated carbocycles. The predicted molar refractivity (Wildman–Crippen MR) is 88.5 cm³/mol. The molecule has 2 atom stereocenters. The largest absolute Gasteiger partial charge is 0.463 e. The summed E-state index contributed by atoms with van der Waals surface area (Å²) in [4.78, 5) is 14.7. The van der Waals surface area contributed by atoms with Gasteiger partial charge < -0.3 is 14.1 Å². The Morgan fingerprint density at radius 2 is 2.38 bits per heavy atom. The normalized spacial score (nSPS) is 24.4. The Morgan fingerprint density at radius 1 is 1.54 bits per heavy atom. The zero-order chi connectivity index (χ0) is 16.7. The third-order valence-corrected chi connectivity index (χ3v) is 5.77. The molecule has 24 heavy (non-hydrogen) atoms. The highest BCUT2D eigenvalue weighted by Crippen LogP contribution is 2.59. The quantitative estimate of drug-likeness (QED) is 0.915. The maximum Gasteiger partial charge on any atom is 0.274 e. The maximum absolute atomic E-state index is 12.8. The molecule has 2 aromatic rings. The van der Waals surface area contributed by atoms with Crippen molar-refractivity contribution in [2.75, 3.05) is 13.7 Å². The Bertz CT molecular complexity index is 718. The van der Waals surface area contributed by atoms with Crippen LogP contribution in [0, 0.1) is 5.41 Å². The summed E-state index contributed by atoms with van der Waals surface area (Å²) in [6, 6.07) is 5.66. The number of furan rings is 1. The highest BCUT2D eigenvalue weighted by Gasteiger charge is 2.61. The third-order valence-electron chi connectivity index (χ3n) is 5.77. The standard InChI is InChI=1S/C18H23N3O3/c1-3-23-16-11-15(18(16)7-5-8-18)21(2)17(22)13-10-12(19-20-13)14-6-4-9-24-14/h4,6,9-10,15-16H,3,5,7-8,11H2,1-2H3,(H,19,20)/t15-,16-/m0/s1. The van der Waals surface area contributed by atoms with Crippen LogP contribution in [0.3, 0.4) is 0 Å². The predicted octanol–water partition coefficient (Wildman–Crippen LogP) is 3.09. The SMILES string of the molecule is CCO[C@H]1C[C@H](N(C)C(=O)c2cc(-c3ccco3)[nH]n2)C12CCC2. The number of carbonyl (C=O) groups excluding carboxylic acids is 1. The average Bonchev–Trinajstić information content (AvgIpc) is 3.18. The van der Waals surface area contributed by atoms with Gasteiger partial charge in [0, 0.05) is 31.2 Å². The van der Waals surface area contributed by atoms with E-state index in [4.69, 9.17) is 9.15 Å². The summed E-state index contributed by atoms with van der Waals surface area (Å²) in [6.07, 6.45) is 6.36. The monoisotopic (exact) mass is 329 g/mol. The Balaban J connectivity index is 1.49. The van der Waals surface area contributed by atoms with E-state index in [1.807, 2.05) is 31.0 Å². The molecule has 0 radical (unpaired) electrons. The number of rotatable bonds is 5. The highest BCUT2D eigenvalue weighted by molar-refractivity contribution is 5.93. The summed E-state index contributed by atoms with van der Waals surface area (Å²) in [5, 5.41) is 7.05. The number of hydrogen-bond donors (Lipinski definition) is 1. The van der Waals surface area contributed by atoms with E-state index in [-0.39, 0.29) is 17.4 Å². The molecule has 2 aromatic heterocycles. The summed E-state index contributed by atoms with van der Waals surface area (Å²) in [6.45, 7) is 2.77. The first kappa shape index (κ1) is 15.4. The fourth-order valence-corrected chi connectivity index (χ4v) is 4.26. The molecule has 1 N–H and O–H groups in total. The molecule has 6 nitrogen and oxygen atoms in total. The Kier molecular flexibility index (Phi) is 3.72. The number of aromatic nitrogens is 2. The molecule has 0 aromatic carbocycles. The number of carbonyl (C=O) groups is 1. The number of aromatic amines is 1. The highest BCUT2D eigenvalue weighted by atomic mass is 16.5. The number of nitrogens with zero attached hydrogens (tertiary/aromatic N) is 2. The topological polar surface area (TPSA) is 71.4 Å². The number of nitrogens with one attached hydrogen (secondary N) is 1. The Morgan fingerprint density at radius 3 is 3.00 bits per heavy atom. The minimum atomic E-state index is -0.0460. The Labute approximate surface area is 141 Å². The molecule has 6 heteroatoms. The van der Waals surface area contributed by atoms with Gasteiger partial charge in [0.25, 0.3) is 5.91 Å². The number of amides is 1. The molecule has 0 bridgehead atoms. The van der Waals surface area contributed by atoms with Crippen LogP contribution in [0.2, 0.25) is 0 Å². The first-order chi connectivity index (χ1) is 11.7. The van der Waals surface area contributed by atoms with Gasteiger partial charge in [0.15, 0.2) is 11.5 Å². The van der Waals surface area contributed by atoms with E-state index >= 15 is 0 Å². The molecule has 1 spiro atoms. The molecule has 1 amide bonds. The van der Waals surface area contributed by atoms with Crippen LogP contribution in [0.5, 0.6) is 0 Å². The lowest BCUT2D eigenvalue weighted by Crippen LogP contribution is -2.67. The molecule has 0 unspecified atom stereocenters. The van der Waals surface area contributed by atoms with E-state index in [2.05, 4.69) is 10.2 Å². The van der Waals surface area contributed by atoms with E-state index in [0.717, 1.165) is 31.6 Å². The van der Waals surface area contributed by atoms with Crippen molar-refractivity contribution in [3.63, 3.8) is 0 Å². The molecule has 0 saturated heterocycles. The zero-order valence-electron chi connectivity index (χ0n) is 14.1. The zero-order valence-corrected chi connectivity index (χ0v) is 14.1. The van der Waals surface area contributed by atoms with Gasteiger partial charge in [-0.3, -0.25) is 9.89 Å². The molecular weight excluding hydrogens is 306 g/mol. The van der Waals surface area contributed by atoms with Crippen LogP contribution < -0.4 is 0 Å². The average molecular weight is 329 g/mol. The summed E-state index contributed by atoms with van der Waals surface area (Å²) < 4.78 is 11.2. The van der Waals surface area contributed by atoms with Gasteiger partial charge in [-0.05, 0) is 38.3 Å². The van der Waals surface area contributed by atoms with Crippen molar-refractivity contribution >= 4 is 5.91 Å². The van der Waals surface area contributed by atoms with Gasteiger partial charge >= 0.3 is 0 Å². The van der Waals surface area contributed by atoms with Gasteiger partial charge in [0.1, 0.15) is 5.69 Å². The van der Waals surface area contributed by atoms with Crippen LogP contribution in [0.1, 0.15) is 43.1 Å². The van der Waals surface area contributed by atoms with Gasteiger partial charge in [-0.15, -0.1) is 0 Å². The fourth-order valence-electron chi connectivity index (χ4n) is 4.26. The number of H-pyrrole nitrogens is 1. The summed E-state index contributed by atoms with van der Waals surface area (Å²) in [5.74, 6) is 0.634. The van der Waals surface area contributed by atoms with Gasteiger partial charge in [-0.2, -0.15) is 5.10 Å². The summed E-state index contributed by atoms with van der Waals surface area (Å²) in [7, 11) is 1.89. The van der Waals surface area contributed by atoms with Crippen LogP contribution in [0.4, 0.5) is 0 Å². The molecule has 2 fully saturated rings. The molecular formula is C18H23N3O3. The van der Waals surface area contributed by atoms with Crippen LogP contribution in [-0.2, 0) is 4.74 Å². The van der Waals surface area contributed by atoms with Crippen LogP contribution in [0.15, 0.2) is 28.9 Å². The van der Waals surface area contributed by atoms with Crippen molar-refractivity contribution < 1.29 is 13.9 Å². The van der Waals surface area contributed by atoms with Crippen LogP contribution in [-0.4, -0.2) is 46.8 Å². The minimum Gasteiger partial charge on any atom is -0.463 e. The number of hydrogen-bond acceptors (Lipinski definition) is 4. The van der Waals surface area contributed by atoms with Crippen LogP contribution in [0.25, 0.3) is 11.5 Å². The third kappa shape index (κ3) is 2.20. The molecule has 4 rings (SSSR count). The van der Waals surface area contributed by atoms with E-state index in [1.54, 1.807) is 12.3 Å². The van der Waals surface area contributed by atoms with Crippen molar-refractivity contribution in [1.29, 1.82) is 0 Å². The smallest absolute Gasteiger partial charge is 0.274 e. The van der Waals surface area contributed by atoms with E-state index in [1.165, 1.54) is 6.42 Å². The second-order valence-electron chi connectivity index (χ2n) is 6.84. The van der Waals surface area contributed by atoms with Crippen LogP contribution >= 0.6 is 0 Å². The van der Waals surface area contributed by atoms with E-state index in [0.29, 0.717) is 17.6 Å². The van der Waals surface area contributed by atoms with Crippen molar-refractivity contribution in [1.82, 2.24) is 15.1 Å². The first-order valence-corrected chi connectivity index (χ1v) is 8.64. The second kappa shape index (κ2) is 5.77. The van der Waals surface area contributed by atoms with Gasteiger partial charge in [-0.25, -0.2) is 0 Å². The number of ether oxygens (including phenoxy) is 1. The molecule has 2 heterocycles. The minimum absolute atomic E-state index is 0.0460. The van der Waals surface area contributed by atoms with Crippen molar-refractivity contribution in [3.05, 3.63) is 30.2 Å². The lowest BCUT2D eigenvalue weighted by Gasteiger charge is -2.63. The summed E-state index contributed by atoms with van der Waals surface area (Å²) >= 11 is 0. The summed E-state index contributed by atoms with van der Waals surface area (Å²) in [5.41, 5.74) is 1.31. The maximum atomic E-state index is 12.8. The molecule has 0 aliphatic heterocycles. The lowest BCUT2D eigenvalue weighted by molar-refractivity contribution is -0.192. The van der Waals surface area contributed by atoms with Gasteiger partial charge in [0.05, 0.1) is 12.4 Å². The lowest BCUT2D eigenvalue weighted by atomic mass is 9.50. The van der Waals surface area contributed by atoms with Gasteiger partial charge in [-0.1, -0.05) is 6.42 Å². The van der Waals surface area contributed by atoms with E-state index in [9.17, 15) is 4.79 Å². The van der Waals surface area contributed by atoms with Crippen molar-refractivity contribution in [2.24, 2.45) is 5.41 Å². The molecule has 2 aliphatic rings. The first-order valence-electron chi connectivity index (χ1n) is 8.64. The van der Waals surface area contributed by atoms with Crippen molar-refractivity contribution in [2.45, 2.75) is 44.8 Å². The second-order valence-corrected chi connectivity index (χ2v) is 6.84. The van der Waals surface area contributed by atoms with E-state index < -0.39 is 0 Å². The fraction of sp³-hybridized carbons (Fsp3) is 0.556.